The van der Waals surface area contributed by atoms with Gasteiger partial charge in [-0.15, -0.1) is 0 Å². The molecule has 0 fully saturated rings. The fraction of sp³-hybridized carbons (Fsp3) is 0.111. The van der Waals surface area contributed by atoms with E-state index in [-0.39, 0.29) is 0 Å². The van der Waals surface area contributed by atoms with Crippen LogP contribution >= 0.6 is 11.6 Å². The Balaban J connectivity index is 2.53. The smallest absolute Gasteiger partial charge is 0.251 e. The highest BCUT2D eigenvalue weighted by atomic mass is 35.5. The van der Waals surface area contributed by atoms with Crippen LogP contribution in [0, 0.1) is 0 Å². The van der Waals surface area contributed by atoms with Crippen molar-refractivity contribution in [2.75, 3.05) is 5.32 Å². The molecule has 5 nitrogen and oxygen atoms in total. The molecule has 0 saturated heterocycles. The number of fused-ring (bicyclic) bond motifs is 1. The highest BCUT2D eigenvalue weighted by molar-refractivity contribution is 6.34. The van der Waals surface area contributed by atoms with Crippen molar-refractivity contribution in [1.82, 2.24) is 5.43 Å². The lowest BCUT2D eigenvalue weighted by Gasteiger charge is -2.07. The summed E-state index contributed by atoms with van der Waals surface area (Å²) in [6.07, 6.45) is 0. The van der Waals surface area contributed by atoms with Crippen LogP contribution in [0.2, 0.25) is 5.02 Å². The van der Waals surface area contributed by atoms with Gasteiger partial charge in [0.1, 0.15) is 5.92 Å². The third kappa shape index (κ3) is 1.45. The van der Waals surface area contributed by atoms with Crippen LogP contribution in [0.15, 0.2) is 18.2 Å². The van der Waals surface area contributed by atoms with Gasteiger partial charge in [-0.05, 0) is 12.1 Å². The molecule has 2 rings (SSSR count). The van der Waals surface area contributed by atoms with Gasteiger partial charge in [0.25, 0.3) is 5.91 Å². The van der Waals surface area contributed by atoms with E-state index < -0.39 is 17.7 Å². The number of hydrazine groups is 1. The van der Waals surface area contributed by atoms with E-state index in [1.165, 1.54) is 0 Å². The molecule has 0 bridgehead atoms. The van der Waals surface area contributed by atoms with Crippen molar-refractivity contribution in [2.45, 2.75) is 5.92 Å². The topological polar surface area (TPSA) is 84.2 Å². The molecule has 1 aromatic carbocycles. The Hall–Kier alpha value is -1.59. The molecule has 1 aromatic rings. The zero-order chi connectivity index (χ0) is 11.0. The van der Waals surface area contributed by atoms with Crippen LogP contribution in [-0.2, 0) is 9.59 Å². The summed E-state index contributed by atoms with van der Waals surface area (Å²) in [5, 5.41) is 2.94. The van der Waals surface area contributed by atoms with Gasteiger partial charge in [0.15, 0.2) is 0 Å². The lowest BCUT2D eigenvalue weighted by atomic mass is 10.0. The number of carbonyl (C=O) groups excluding carboxylic acids is 2. The van der Waals surface area contributed by atoms with Crippen molar-refractivity contribution in [2.24, 2.45) is 5.84 Å². The molecule has 15 heavy (non-hydrogen) atoms. The normalized spacial score (nSPS) is 18.3. The number of hydrogen-bond acceptors (Lipinski definition) is 3. The third-order valence-corrected chi connectivity index (χ3v) is 2.60. The molecular weight excluding hydrogens is 218 g/mol. The summed E-state index contributed by atoms with van der Waals surface area (Å²) >= 11 is 5.92. The quantitative estimate of drug-likeness (QED) is 0.279. The molecule has 0 aromatic heterocycles. The van der Waals surface area contributed by atoms with E-state index in [2.05, 4.69) is 5.32 Å². The predicted molar refractivity (Wildman–Crippen MR) is 55.2 cm³/mol. The van der Waals surface area contributed by atoms with Gasteiger partial charge in [-0.25, -0.2) is 5.84 Å². The first-order valence-electron chi connectivity index (χ1n) is 4.25. The van der Waals surface area contributed by atoms with Gasteiger partial charge in [-0.1, -0.05) is 17.7 Å². The number of rotatable bonds is 1. The predicted octanol–water partition coefficient (Wildman–Crippen LogP) is 0.366. The summed E-state index contributed by atoms with van der Waals surface area (Å²) in [4.78, 5) is 22.9. The van der Waals surface area contributed by atoms with E-state index in [1.807, 2.05) is 5.43 Å². The summed E-state index contributed by atoms with van der Waals surface area (Å²) in [7, 11) is 0. The van der Waals surface area contributed by atoms with E-state index in [0.717, 1.165) is 0 Å². The van der Waals surface area contributed by atoms with Gasteiger partial charge < -0.3 is 5.32 Å². The van der Waals surface area contributed by atoms with E-state index in [9.17, 15) is 9.59 Å². The van der Waals surface area contributed by atoms with Crippen molar-refractivity contribution in [1.29, 1.82) is 0 Å². The number of anilines is 1. The average molecular weight is 226 g/mol. The molecule has 1 atom stereocenters. The van der Waals surface area contributed by atoms with Gasteiger partial charge in [-0.3, -0.25) is 15.0 Å². The molecule has 1 aliphatic rings. The highest BCUT2D eigenvalue weighted by Crippen LogP contribution is 2.37. The Morgan fingerprint density at radius 1 is 1.53 bits per heavy atom. The van der Waals surface area contributed by atoms with E-state index in [4.69, 9.17) is 17.4 Å². The number of nitrogens with one attached hydrogen (secondary N) is 2. The molecule has 6 heteroatoms. The Kier molecular flexibility index (Phi) is 2.34. The van der Waals surface area contributed by atoms with Gasteiger partial charge in [0, 0.05) is 16.3 Å². The van der Waals surface area contributed by atoms with Crippen molar-refractivity contribution in [3.8, 4) is 0 Å². The van der Waals surface area contributed by atoms with E-state index >= 15 is 0 Å². The molecule has 0 aliphatic carbocycles. The number of hydrogen-bond donors (Lipinski definition) is 3. The second-order valence-electron chi connectivity index (χ2n) is 3.13. The zero-order valence-electron chi connectivity index (χ0n) is 7.58. The van der Waals surface area contributed by atoms with Crippen LogP contribution in [0.1, 0.15) is 11.5 Å². The average Bonchev–Trinajstić information content (AvgIpc) is 2.55. The third-order valence-electron chi connectivity index (χ3n) is 2.27. The van der Waals surface area contributed by atoms with Crippen LogP contribution in [-0.4, -0.2) is 11.8 Å². The van der Waals surface area contributed by atoms with Gasteiger partial charge >= 0.3 is 0 Å². The fourth-order valence-corrected chi connectivity index (χ4v) is 1.89. The van der Waals surface area contributed by atoms with Crippen LogP contribution in [0.25, 0.3) is 0 Å². The monoisotopic (exact) mass is 225 g/mol. The van der Waals surface area contributed by atoms with E-state index in [1.54, 1.807) is 18.2 Å². The largest absolute Gasteiger partial charge is 0.325 e. The second-order valence-corrected chi connectivity index (χ2v) is 3.54. The Morgan fingerprint density at radius 3 is 2.93 bits per heavy atom. The number of carbonyl (C=O) groups is 2. The minimum atomic E-state index is -0.960. The maximum absolute atomic E-state index is 11.5. The number of halogens is 1. The summed E-state index contributed by atoms with van der Waals surface area (Å²) in [6, 6.07) is 5.00. The first-order chi connectivity index (χ1) is 7.15. The molecule has 4 N–H and O–H groups in total. The number of amides is 2. The van der Waals surface area contributed by atoms with Crippen LogP contribution < -0.4 is 16.6 Å². The van der Waals surface area contributed by atoms with Gasteiger partial charge in [0.05, 0.1) is 0 Å². The molecule has 0 radical (unpaired) electrons. The lowest BCUT2D eigenvalue weighted by Crippen LogP contribution is -2.37. The molecule has 1 unspecified atom stereocenters. The summed E-state index contributed by atoms with van der Waals surface area (Å²) in [6.45, 7) is 0. The number of nitrogens with two attached hydrogens (primary N) is 1. The van der Waals surface area contributed by atoms with Gasteiger partial charge in [0.2, 0.25) is 5.91 Å². The van der Waals surface area contributed by atoms with Crippen molar-refractivity contribution < 1.29 is 9.59 Å². The van der Waals surface area contributed by atoms with Crippen LogP contribution in [0.5, 0.6) is 0 Å². The SMILES string of the molecule is NNC(=O)C1C(=O)Nc2cccc(Cl)c21. The van der Waals surface area contributed by atoms with Crippen molar-refractivity contribution in [3.63, 3.8) is 0 Å². The lowest BCUT2D eigenvalue weighted by molar-refractivity contribution is -0.128. The van der Waals surface area contributed by atoms with Crippen LogP contribution in [0.3, 0.4) is 0 Å². The summed E-state index contributed by atoms with van der Waals surface area (Å²) in [5.41, 5.74) is 2.98. The molecule has 1 heterocycles. The highest BCUT2D eigenvalue weighted by Gasteiger charge is 2.37. The fourth-order valence-electron chi connectivity index (χ4n) is 1.61. The molecule has 0 saturated carbocycles. The minimum absolute atomic E-state index is 0.374. The van der Waals surface area contributed by atoms with Crippen molar-refractivity contribution in [3.05, 3.63) is 28.8 Å². The molecule has 0 spiro atoms. The maximum atomic E-state index is 11.5. The molecular formula is C9H8ClN3O2. The minimum Gasteiger partial charge on any atom is -0.325 e. The Morgan fingerprint density at radius 2 is 2.27 bits per heavy atom. The maximum Gasteiger partial charge on any atom is 0.251 e. The first kappa shape index (κ1) is 9.95. The Labute approximate surface area is 90.6 Å². The second kappa shape index (κ2) is 3.52. The Bertz CT molecular complexity index is 439. The van der Waals surface area contributed by atoms with Crippen molar-refractivity contribution >= 4 is 29.1 Å². The number of benzene rings is 1. The summed E-state index contributed by atoms with van der Waals surface area (Å²) < 4.78 is 0. The molecule has 78 valence electrons. The standard InChI is InChI=1S/C9H8ClN3O2/c10-4-2-1-3-5-6(4)7(8(14)12-5)9(15)13-11/h1-3,7H,11H2,(H,12,14)(H,13,15). The van der Waals surface area contributed by atoms with E-state index in [0.29, 0.717) is 16.3 Å². The molecule has 2 amide bonds. The summed E-state index contributed by atoms with van der Waals surface area (Å²) in [5.74, 6) is 3.05. The zero-order valence-corrected chi connectivity index (χ0v) is 8.34. The first-order valence-corrected chi connectivity index (χ1v) is 4.62. The van der Waals surface area contributed by atoms with Crippen LogP contribution in [0.4, 0.5) is 5.69 Å². The molecule has 1 aliphatic heterocycles. The van der Waals surface area contributed by atoms with Gasteiger partial charge in [-0.2, -0.15) is 0 Å².